The summed E-state index contributed by atoms with van der Waals surface area (Å²) in [4.78, 5) is 8.08. The topological polar surface area (TPSA) is 51.8 Å². The van der Waals surface area contributed by atoms with Crippen LogP contribution in [0.15, 0.2) is 12.4 Å². The van der Waals surface area contributed by atoms with E-state index in [0.29, 0.717) is 5.82 Å². The first-order valence-electron chi connectivity index (χ1n) is 3.89. The van der Waals surface area contributed by atoms with E-state index in [4.69, 9.17) is 5.73 Å². The van der Waals surface area contributed by atoms with Gasteiger partial charge in [-0.3, -0.25) is 4.98 Å². The van der Waals surface area contributed by atoms with Crippen LogP contribution < -0.4 is 5.73 Å². The van der Waals surface area contributed by atoms with Gasteiger partial charge in [-0.25, -0.2) is 4.98 Å². The van der Waals surface area contributed by atoms with E-state index in [2.05, 4.69) is 16.9 Å². The molecule has 0 amide bonds. The lowest BCUT2D eigenvalue weighted by Crippen LogP contribution is -1.96. The third-order valence-electron chi connectivity index (χ3n) is 1.49. The predicted octanol–water partition coefficient (Wildman–Crippen LogP) is 1.40. The molecule has 3 nitrogen and oxygen atoms in total. The number of hydrogen-bond acceptors (Lipinski definition) is 3. The van der Waals surface area contributed by atoms with Crippen LogP contribution in [0, 0.1) is 0 Å². The molecule has 11 heavy (non-hydrogen) atoms. The quantitative estimate of drug-likeness (QED) is 0.710. The number of aromatic nitrogens is 2. The first kappa shape index (κ1) is 7.98. The number of unbranched alkanes of at least 4 members (excludes halogenated alkanes) is 1. The highest BCUT2D eigenvalue weighted by atomic mass is 14.9. The molecule has 0 aromatic carbocycles. The Morgan fingerprint density at radius 3 is 2.91 bits per heavy atom. The molecule has 1 aromatic heterocycles. The van der Waals surface area contributed by atoms with Crippen molar-refractivity contribution in [2.24, 2.45) is 0 Å². The molecule has 0 aliphatic rings. The number of nitrogens with zero attached hydrogens (tertiary/aromatic N) is 2. The summed E-state index contributed by atoms with van der Waals surface area (Å²) >= 11 is 0. The van der Waals surface area contributed by atoms with Crippen LogP contribution in [0.25, 0.3) is 0 Å². The average molecular weight is 151 g/mol. The second kappa shape index (κ2) is 3.91. The molecule has 1 aromatic rings. The van der Waals surface area contributed by atoms with Gasteiger partial charge in [0.25, 0.3) is 0 Å². The molecule has 0 radical (unpaired) electrons. The summed E-state index contributed by atoms with van der Waals surface area (Å²) in [5.74, 6) is 0.513. The van der Waals surface area contributed by atoms with Gasteiger partial charge < -0.3 is 5.73 Å². The van der Waals surface area contributed by atoms with E-state index in [1.165, 1.54) is 6.42 Å². The van der Waals surface area contributed by atoms with Crippen LogP contribution in [-0.2, 0) is 6.42 Å². The van der Waals surface area contributed by atoms with Gasteiger partial charge in [-0.05, 0) is 12.8 Å². The number of aryl methyl sites for hydroxylation is 1. The second-order valence-electron chi connectivity index (χ2n) is 2.54. The molecule has 2 N–H and O–H groups in total. The van der Waals surface area contributed by atoms with Crippen molar-refractivity contribution in [1.82, 2.24) is 9.97 Å². The molecule has 0 spiro atoms. The van der Waals surface area contributed by atoms with Gasteiger partial charge in [0.1, 0.15) is 5.82 Å². The van der Waals surface area contributed by atoms with Crippen molar-refractivity contribution in [3.63, 3.8) is 0 Å². The highest BCUT2D eigenvalue weighted by molar-refractivity contribution is 5.23. The zero-order chi connectivity index (χ0) is 8.10. The van der Waals surface area contributed by atoms with Gasteiger partial charge in [-0.1, -0.05) is 13.3 Å². The molecule has 0 atom stereocenters. The Kier molecular flexibility index (Phi) is 2.83. The van der Waals surface area contributed by atoms with Crippen molar-refractivity contribution < 1.29 is 0 Å². The summed E-state index contributed by atoms with van der Waals surface area (Å²) in [6, 6.07) is 0. The van der Waals surface area contributed by atoms with Gasteiger partial charge in [-0.15, -0.1) is 0 Å². The lowest BCUT2D eigenvalue weighted by atomic mass is 10.2. The van der Waals surface area contributed by atoms with Crippen LogP contribution in [0.3, 0.4) is 0 Å². The standard InChI is InChI=1S/C8H13N3/c1-2-3-4-7-5-10-6-8(9)11-7/h5-6H,2-4H2,1H3,(H2,9,11). The molecular formula is C8H13N3. The Morgan fingerprint density at radius 1 is 1.45 bits per heavy atom. The van der Waals surface area contributed by atoms with E-state index < -0.39 is 0 Å². The molecule has 0 saturated heterocycles. The maximum Gasteiger partial charge on any atom is 0.142 e. The molecule has 0 aliphatic carbocycles. The molecule has 1 heterocycles. The number of anilines is 1. The highest BCUT2D eigenvalue weighted by Gasteiger charge is 1.93. The molecule has 0 saturated carbocycles. The van der Waals surface area contributed by atoms with Gasteiger partial charge in [0, 0.05) is 6.20 Å². The molecule has 1 rings (SSSR count). The first-order chi connectivity index (χ1) is 5.33. The normalized spacial score (nSPS) is 9.91. The highest BCUT2D eigenvalue weighted by Crippen LogP contribution is 2.01. The molecule has 0 bridgehead atoms. The Bertz CT molecular complexity index is 222. The molecular weight excluding hydrogens is 138 g/mol. The Hall–Kier alpha value is -1.12. The summed E-state index contributed by atoms with van der Waals surface area (Å²) in [5, 5.41) is 0. The fraction of sp³-hybridized carbons (Fsp3) is 0.500. The summed E-state index contributed by atoms with van der Waals surface area (Å²) in [6.07, 6.45) is 6.64. The van der Waals surface area contributed by atoms with E-state index in [1.807, 2.05) is 0 Å². The van der Waals surface area contributed by atoms with Gasteiger partial charge in [0.15, 0.2) is 0 Å². The smallest absolute Gasteiger partial charge is 0.142 e. The summed E-state index contributed by atoms with van der Waals surface area (Å²) in [6.45, 7) is 2.15. The van der Waals surface area contributed by atoms with E-state index in [9.17, 15) is 0 Å². The fourth-order valence-electron chi connectivity index (χ4n) is 0.902. The minimum Gasteiger partial charge on any atom is -0.382 e. The third-order valence-corrected chi connectivity index (χ3v) is 1.49. The maximum atomic E-state index is 5.46. The SMILES string of the molecule is CCCCc1cncc(N)n1. The first-order valence-corrected chi connectivity index (χ1v) is 3.89. The molecule has 3 heteroatoms. The van der Waals surface area contributed by atoms with Crippen molar-refractivity contribution in [2.75, 3.05) is 5.73 Å². The van der Waals surface area contributed by atoms with E-state index >= 15 is 0 Å². The number of nitrogens with two attached hydrogens (primary N) is 1. The van der Waals surface area contributed by atoms with Gasteiger partial charge >= 0.3 is 0 Å². The lowest BCUT2D eigenvalue weighted by Gasteiger charge is -1.97. The summed E-state index contributed by atoms with van der Waals surface area (Å²) in [7, 11) is 0. The van der Waals surface area contributed by atoms with Crippen molar-refractivity contribution in [2.45, 2.75) is 26.2 Å². The second-order valence-corrected chi connectivity index (χ2v) is 2.54. The molecule has 0 aliphatic heterocycles. The van der Waals surface area contributed by atoms with Crippen LogP contribution in [0.4, 0.5) is 5.82 Å². The molecule has 60 valence electrons. The monoisotopic (exact) mass is 151 g/mol. The van der Waals surface area contributed by atoms with Gasteiger partial charge in [0.2, 0.25) is 0 Å². The van der Waals surface area contributed by atoms with E-state index in [0.717, 1.165) is 18.5 Å². The van der Waals surface area contributed by atoms with Crippen molar-refractivity contribution in [3.05, 3.63) is 18.1 Å². The van der Waals surface area contributed by atoms with E-state index in [-0.39, 0.29) is 0 Å². The largest absolute Gasteiger partial charge is 0.382 e. The van der Waals surface area contributed by atoms with Crippen molar-refractivity contribution in [1.29, 1.82) is 0 Å². The number of rotatable bonds is 3. The van der Waals surface area contributed by atoms with Gasteiger partial charge in [-0.2, -0.15) is 0 Å². The lowest BCUT2D eigenvalue weighted by molar-refractivity contribution is 0.773. The third kappa shape index (κ3) is 2.53. The molecule has 0 unspecified atom stereocenters. The van der Waals surface area contributed by atoms with Crippen LogP contribution in [0.1, 0.15) is 25.5 Å². The van der Waals surface area contributed by atoms with E-state index in [1.54, 1.807) is 12.4 Å². The Morgan fingerprint density at radius 2 is 2.27 bits per heavy atom. The van der Waals surface area contributed by atoms with Crippen molar-refractivity contribution in [3.8, 4) is 0 Å². The minimum absolute atomic E-state index is 0.513. The van der Waals surface area contributed by atoms with Crippen molar-refractivity contribution >= 4 is 5.82 Å². The molecule has 0 fully saturated rings. The van der Waals surface area contributed by atoms with Crippen LogP contribution in [0.5, 0.6) is 0 Å². The Labute approximate surface area is 66.7 Å². The van der Waals surface area contributed by atoms with Crippen LogP contribution >= 0.6 is 0 Å². The predicted molar refractivity (Wildman–Crippen MR) is 45.1 cm³/mol. The average Bonchev–Trinajstić information content (AvgIpc) is 2.01. The Balaban J connectivity index is 2.56. The number of nitrogen functional groups attached to an aromatic ring is 1. The fourth-order valence-corrected chi connectivity index (χ4v) is 0.902. The van der Waals surface area contributed by atoms with Gasteiger partial charge in [0.05, 0.1) is 11.9 Å². The zero-order valence-electron chi connectivity index (χ0n) is 6.75. The van der Waals surface area contributed by atoms with Crippen LogP contribution in [0.2, 0.25) is 0 Å². The minimum atomic E-state index is 0.513. The zero-order valence-corrected chi connectivity index (χ0v) is 6.75. The summed E-state index contributed by atoms with van der Waals surface area (Å²) in [5.41, 5.74) is 6.45. The summed E-state index contributed by atoms with van der Waals surface area (Å²) < 4.78 is 0. The maximum absolute atomic E-state index is 5.46. The van der Waals surface area contributed by atoms with Crippen LogP contribution in [-0.4, -0.2) is 9.97 Å². The number of hydrogen-bond donors (Lipinski definition) is 1.